The van der Waals surface area contributed by atoms with Crippen LogP contribution in [0, 0.1) is 11.3 Å². The van der Waals surface area contributed by atoms with Crippen molar-refractivity contribution in [2.75, 3.05) is 26.1 Å². The molecule has 0 unspecified atom stereocenters. The number of anilines is 1. The molecule has 0 spiro atoms. The Labute approximate surface area is 144 Å². The maximum absolute atomic E-state index is 12.1. The fourth-order valence-electron chi connectivity index (χ4n) is 2.02. The summed E-state index contributed by atoms with van der Waals surface area (Å²) in [6.45, 7) is -0.488. The summed E-state index contributed by atoms with van der Waals surface area (Å²) >= 11 is 0. The summed E-state index contributed by atoms with van der Waals surface area (Å²) in [7, 11) is 2.92. The number of hydrogen-bond acceptors (Lipinski definition) is 6. The summed E-state index contributed by atoms with van der Waals surface area (Å²) in [6.07, 6.45) is 0. The van der Waals surface area contributed by atoms with Gasteiger partial charge in [0.05, 0.1) is 31.0 Å². The monoisotopic (exact) mass is 340 g/mol. The summed E-state index contributed by atoms with van der Waals surface area (Å²) in [5.41, 5.74) is 0.871. The van der Waals surface area contributed by atoms with Gasteiger partial charge < -0.3 is 19.5 Å². The van der Waals surface area contributed by atoms with Crippen molar-refractivity contribution in [3.63, 3.8) is 0 Å². The van der Waals surface area contributed by atoms with E-state index in [-0.39, 0.29) is 5.56 Å². The van der Waals surface area contributed by atoms with Gasteiger partial charge in [-0.2, -0.15) is 5.26 Å². The van der Waals surface area contributed by atoms with E-state index >= 15 is 0 Å². The third-order valence-corrected chi connectivity index (χ3v) is 3.24. The van der Waals surface area contributed by atoms with Crippen LogP contribution in [0.1, 0.15) is 15.9 Å². The molecule has 7 heteroatoms. The van der Waals surface area contributed by atoms with E-state index < -0.39 is 18.5 Å². The normalized spacial score (nSPS) is 9.64. The molecule has 2 aromatic carbocycles. The molecule has 0 aromatic heterocycles. The van der Waals surface area contributed by atoms with Crippen LogP contribution >= 0.6 is 0 Å². The van der Waals surface area contributed by atoms with Crippen molar-refractivity contribution in [1.29, 1.82) is 5.26 Å². The van der Waals surface area contributed by atoms with Crippen molar-refractivity contribution < 1.29 is 23.8 Å². The molecule has 0 atom stereocenters. The number of carbonyl (C=O) groups excluding carboxylic acids is 2. The van der Waals surface area contributed by atoms with Gasteiger partial charge in [-0.1, -0.05) is 12.1 Å². The second kappa shape index (κ2) is 8.36. The number of benzene rings is 2. The lowest BCUT2D eigenvalue weighted by molar-refractivity contribution is -0.119. The van der Waals surface area contributed by atoms with Crippen molar-refractivity contribution in [1.82, 2.24) is 0 Å². The van der Waals surface area contributed by atoms with E-state index in [1.54, 1.807) is 30.3 Å². The van der Waals surface area contributed by atoms with Crippen LogP contribution < -0.4 is 14.8 Å². The molecule has 0 fully saturated rings. The number of amides is 1. The Hall–Kier alpha value is -3.53. The first-order valence-corrected chi connectivity index (χ1v) is 7.26. The van der Waals surface area contributed by atoms with Gasteiger partial charge in [-0.05, 0) is 24.3 Å². The molecule has 25 heavy (non-hydrogen) atoms. The molecule has 0 saturated heterocycles. The van der Waals surface area contributed by atoms with Crippen molar-refractivity contribution in [2.24, 2.45) is 0 Å². The third-order valence-electron chi connectivity index (χ3n) is 3.24. The smallest absolute Gasteiger partial charge is 0.338 e. The van der Waals surface area contributed by atoms with Crippen molar-refractivity contribution in [2.45, 2.75) is 0 Å². The number of nitrogens with one attached hydrogen (secondary N) is 1. The summed E-state index contributed by atoms with van der Waals surface area (Å²) in [5.74, 6) is -0.385. The van der Waals surface area contributed by atoms with Gasteiger partial charge in [-0.3, -0.25) is 4.79 Å². The Bertz CT molecular complexity index is 804. The number of carbonyl (C=O) groups is 2. The molecule has 2 rings (SSSR count). The van der Waals surface area contributed by atoms with Gasteiger partial charge in [0, 0.05) is 6.07 Å². The van der Waals surface area contributed by atoms with Crippen LogP contribution in [0.3, 0.4) is 0 Å². The Kier molecular flexibility index (Phi) is 5.96. The van der Waals surface area contributed by atoms with Crippen LogP contribution in [0.25, 0.3) is 0 Å². The number of methoxy groups -OCH3 is 2. The van der Waals surface area contributed by atoms with Gasteiger partial charge in [-0.25, -0.2) is 4.79 Å². The van der Waals surface area contributed by atoms with E-state index in [2.05, 4.69) is 5.32 Å². The van der Waals surface area contributed by atoms with Gasteiger partial charge in [0.15, 0.2) is 6.61 Å². The molecule has 1 amide bonds. The Balaban J connectivity index is 2.00. The average molecular weight is 340 g/mol. The van der Waals surface area contributed by atoms with E-state index in [4.69, 9.17) is 19.5 Å². The highest BCUT2D eigenvalue weighted by Crippen LogP contribution is 2.23. The lowest BCUT2D eigenvalue weighted by Gasteiger charge is -2.09. The van der Waals surface area contributed by atoms with Crippen LogP contribution in [0.4, 0.5) is 5.69 Å². The number of esters is 1. The SMILES string of the molecule is COc1cc(OC)cc(C(=O)OCC(=O)Nc2ccccc2C#N)c1. The highest BCUT2D eigenvalue weighted by molar-refractivity contribution is 5.96. The third kappa shape index (κ3) is 4.72. The van der Waals surface area contributed by atoms with E-state index in [1.807, 2.05) is 6.07 Å². The predicted octanol–water partition coefficient (Wildman–Crippen LogP) is 2.37. The van der Waals surface area contributed by atoms with Crippen LogP contribution in [0.15, 0.2) is 42.5 Å². The van der Waals surface area contributed by atoms with Gasteiger partial charge in [0.1, 0.15) is 17.6 Å². The van der Waals surface area contributed by atoms with Crippen LogP contribution in [0.2, 0.25) is 0 Å². The second-order valence-electron chi connectivity index (χ2n) is 4.88. The molecular weight excluding hydrogens is 324 g/mol. The maximum atomic E-state index is 12.1. The Morgan fingerprint density at radius 2 is 1.72 bits per heavy atom. The molecule has 128 valence electrons. The standard InChI is InChI=1S/C18H16N2O5/c1-23-14-7-13(8-15(9-14)24-2)18(22)25-11-17(21)20-16-6-4-3-5-12(16)10-19/h3-9H,11H2,1-2H3,(H,20,21). The number of ether oxygens (including phenoxy) is 3. The van der Waals surface area contributed by atoms with Crippen molar-refractivity contribution >= 4 is 17.6 Å². The summed E-state index contributed by atoms with van der Waals surface area (Å²) in [5, 5.41) is 11.5. The fourth-order valence-corrected chi connectivity index (χ4v) is 2.02. The number of nitrogens with zero attached hydrogens (tertiary/aromatic N) is 1. The second-order valence-corrected chi connectivity index (χ2v) is 4.88. The van der Waals surface area contributed by atoms with Gasteiger partial charge in [0.25, 0.3) is 5.91 Å². The summed E-state index contributed by atoms with van der Waals surface area (Å²) in [4.78, 5) is 24.0. The summed E-state index contributed by atoms with van der Waals surface area (Å²) < 4.78 is 15.1. The summed E-state index contributed by atoms with van der Waals surface area (Å²) in [6, 6.07) is 13.1. The largest absolute Gasteiger partial charge is 0.497 e. The van der Waals surface area contributed by atoms with Gasteiger partial charge in [0.2, 0.25) is 0 Å². The zero-order chi connectivity index (χ0) is 18.2. The van der Waals surface area contributed by atoms with Gasteiger partial charge in [-0.15, -0.1) is 0 Å². The molecule has 0 heterocycles. The van der Waals surface area contributed by atoms with Crippen molar-refractivity contribution in [3.8, 4) is 17.6 Å². The number of hydrogen-bond donors (Lipinski definition) is 1. The number of rotatable bonds is 6. The molecule has 0 radical (unpaired) electrons. The van der Waals surface area contributed by atoms with Crippen LogP contribution in [0.5, 0.6) is 11.5 Å². The van der Waals surface area contributed by atoms with E-state index in [1.165, 1.54) is 26.4 Å². The molecule has 0 saturated carbocycles. The molecule has 0 aliphatic rings. The predicted molar refractivity (Wildman–Crippen MR) is 89.6 cm³/mol. The quantitative estimate of drug-likeness (QED) is 0.811. The molecular formula is C18H16N2O5. The lowest BCUT2D eigenvalue weighted by atomic mass is 10.2. The minimum absolute atomic E-state index is 0.196. The first-order valence-electron chi connectivity index (χ1n) is 7.26. The van der Waals surface area contributed by atoms with E-state index in [9.17, 15) is 9.59 Å². The van der Waals surface area contributed by atoms with Gasteiger partial charge >= 0.3 is 5.97 Å². The molecule has 0 bridgehead atoms. The van der Waals surface area contributed by atoms with Crippen LogP contribution in [-0.2, 0) is 9.53 Å². The maximum Gasteiger partial charge on any atom is 0.338 e. The molecule has 1 N–H and O–H groups in total. The van der Waals surface area contributed by atoms with Crippen molar-refractivity contribution in [3.05, 3.63) is 53.6 Å². The highest BCUT2D eigenvalue weighted by Gasteiger charge is 2.14. The number of para-hydroxylation sites is 1. The fraction of sp³-hybridized carbons (Fsp3) is 0.167. The Morgan fingerprint density at radius 3 is 2.32 bits per heavy atom. The Morgan fingerprint density at radius 1 is 1.08 bits per heavy atom. The van der Waals surface area contributed by atoms with E-state index in [0.717, 1.165) is 0 Å². The minimum atomic E-state index is -0.694. The first-order chi connectivity index (χ1) is 12.1. The zero-order valence-electron chi connectivity index (χ0n) is 13.7. The molecule has 2 aromatic rings. The molecule has 0 aliphatic heterocycles. The number of nitriles is 1. The van der Waals surface area contributed by atoms with E-state index in [0.29, 0.717) is 22.7 Å². The van der Waals surface area contributed by atoms with Crippen LogP contribution in [-0.4, -0.2) is 32.7 Å². The lowest BCUT2D eigenvalue weighted by Crippen LogP contribution is -2.21. The topological polar surface area (TPSA) is 97.7 Å². The molecule has 0 aliphatic carbocycles. The first kappa shape index (κ1) is 17.8. The molecule has 7 nitrogen and oxygen atoms in total. The zero-order valence-corrected chi connectivity index (χ0v) is 13.7. The average Bonchev–Trinajstić information content (AvgIpc) is 2.65. The highest BCUT2D eigenvalue weighted by atomic mass is 16.5. The minimum Gasteiger partial charge on any atom is -0.497 e.